The van der Waals surface area contributed by atoms with Crippen LogP contribution in [0.25, 0.3) is 0 Å². The molecule has 0 bridgehead atoms. The topological polar surface area (TPSA) is 85.9 Å². The quantitative estimate of drug-likeness (QED) is 0.622. The number of hydrogen-bond donors (Lipinski definition) is 2. The van der Waals surface area contributed by atoms with E-state index >= 15 is 0 Å². The van der Waals surface area contributed by atoms with Gasteiger partial charge in [-0.2, -0.15) is 0 Å². The molecule has 0 heterocycles. The van der Waals surface area contributed by atoms with Crippen LogP contribution in [0.3, 0.4) is 0 Å². The number of hydrogen-bond acceptors (Lipinski definition) is 5. The van der Waals surface area contributed by atoms with Gasteiger partial charge in [0.05, 0.1) is 19.8 Å². The number of carbonyl (C=O) groups is 2. The highest BCUT2D eigenvalue weighted by molar-refractivity contribution is 5.94. The lowest BCUT2D eigenvalue weighted by Gasteiger charge is -2.17. The van der Waals surface area contributed by atoms with E-state index in [-0.39, 0.29) is 30.4 Å². The summed E-state index contributed by atoms with van der Waals surface area (Å²) in [5.74, 6) is 1.72. The van der Waals surface area contributed by atoms with Crippen LogP contribution in [0.4, 0.5) is 5.69 Å². The minimum absolute atomic E-state index is 0.0319. The molecular weight excluding hydrogens is 384 g/mol. The van der Waals surface area contributed by atoms with Crippen LogP contribution in [0.15, 0.2) is 42.5 Å². The number of benzene rings is 2. The summed E-state index contributed by atoms with van der Waals surface area (Å²) in [7, 11) is 1.58. The zero-order chi connectivity index (χ0) is 21.5. The van der Waals surface area contributed by atoms with Crippen LogP contribution in [0.2, 0.25) is 0 Å². The van der Waals surface area contributed by atoms with Gasteiger partial charge in [-0.15, -0.1) is 0 Å². The van der Waals surface area contributed by atoms with Crippen LogP contribution < -0.4 is 24.8 Å². The van der Waals surface area contributed by atoms with Crippen molar-refractivity contribution in [3.05, 3.63) is 48.0 Å². The lowest BCUT2D eigenvalue weighted by Crippen LogP contribution is -2.31. The van der Waals surface area contributed by atoms with Gasteiger partial charge < -0.3 is 24.8 Å². The van der Waals surface area contributed by atoms with Crippen molar-refractivity contribution in [1.29, 1.82) is 0 Å². The van der Waals surface area contributed by atoms with Crippen molar-refractivity contribution in [1.82, 2.24) is 5.32 Å². The molecular formula is C23H28N2O5. The molecule has 0 radical (unpaired) electrons. The molecule has 2 aromatic rings. The minimum atomic E-state index is -0.247. The molecule has 2 N–H and O–H groups in total. The molecule has 2 amide bonds. The van der Waals surface area contributed by atoms with Crippen molar-refractivity contribution >= 4 is 17.5 Å². The molecule has 1 aliphatic carbocycles. The Morgan fingerprint density at radius 2 is 1.90 bits per heavy atom. The van der Waals surface area contributed by atoms with Crippen LogP contribution in [0.5, 0.6) is 17.2 Å². The van der Waals surface area contributed by atoms with Crippen LogP contribution in [-0.4, -0.2) is 32.1 Å². The number of amides is 2. The van der Waals surface area contributed by atoms with E-state index in [1.165, 1.54) is 0 Å². The third-order valence-corrected chi connectivity index (χ3v) is 4.78. The SMILES string of the molecule is CCOc1ccc(C(C)NC(=O)COc2cccc(NC(=O)C3CC3)c2)cc1OC. The summed E-state index contributed by atoms with van der Waals surface area (Å²) in [4.78, 5) is 24.2. The van der Waals surface area contributed by atoms with Crippen molar-refractivity contribution in [3.63, 3.8) is 0 Å². The van der Waals surface area contributed by atoms with E-state index in [1.807, 2.05) is 32.0 Å². The highest BCUT2D eigenvalue weighted by Gasteiger charge is 2.29. The molecule has 2 aromatic carbocycles. The molecule has 7 nitrogen and oxygen atoms in total. The second-order valence-electron chi connectivity index (χ2n) is 7.21. The monoisotopic (exact) mass is 412 g/mol. The molecule has 1 saturated carbocycles. The summed E-state index contributed by atoms with van der Waals surface area (Å²) in [5.41, 5.74) is 1.56. The van der Waals surface area contributed by atoms with Gasteiger partial charge in [-0.3, -0.25) is 9.59 Å². The first-order valence-corrected chi connectivity index (χ1v) is 10.1. The highest BCUT2D eigenvalue weighted by Crippen LogP contribution is 2.31. The molecule has 0 saturated heterocycles. The van der Waals surface area contributed by atoms with Crippen molar-refractivity contribution < 1.29 is 23.8 Å². The summed E-state index contributed by atoms with van der Waals surface area (Å²) in [5, 5.41) is 5.78. The fourth-order valence-corrected chi connectivity index (χ4v) is 3.00. The summed E-state index contributed by atoms with van der Waals surface area (Å²) in [6.45, 7) is 4.22. The second-order valence-corrected chi connectivity index (χ2v) is 7.21. The van der Waals surface area contributed by atoms with Crippen LogP contribution in [-0.2, 0) is 9.59 Å². The van der Waals surface area contributed by atoms with Crippen molar-refractivity contribution in [2.75, 3.05) is 25.6 Å². The van der Waals surface area contributed by atoms with E-state index in [0.717, 1.165) is 18.4 Å². The van der Waals surface area contributed by atoms with E-state index in [2.05, 4.69) is 10.6 Å². The first-order chi connectivity index (χ1) is 14.5. The Balaban J connectivity index is 1.52. The predicted octanol–water partition coefficient (Wildman–Crippen LogP) is 3.70. The van der Waals surface area contributed by atoms with E-state index in [0.29, 0.717) is 29.5 Å². The normalized spacial score (nSPS) is 13.8. The minimum Gasteiger partial charge on any atom is -0.493 e. The van der Waals surface area contributed by atoms with E-state index in [4.69, 9.17) is 14.2 Å². The van der Waals surface area contributed by atoms with Crippen molar-refractivity contribution in [2.24, 2.45) is 5.92 Å². The summed E-state index contributed by atoms with van der Waals surface area (Å²) in [6, 6.07) is 12.4. The molecule has 160 valence electrons. The second kappa shape index (κ2) is 10.0. The predicted molar refractivity (Wildman–Crippen MR) is 114 cm³/mol. The van der Waals surface area contributed by atoms with Crippen molar-refractivity contribution in [3.8, 4) is 17.2 Å². The van der Waals surface area contributed by atoms with Gasteiger partial charge in [-0.1, -0.05) is 12.1 Å². The van der Waals surface area contributed by atoms with Gasteiger partial charge in [-0.05, 0) is 56.5 Å². The lowest BCUT2D eigenvalue weighted by molar-refractivity contribution is -0.123. The third-order valence-electron chi connectivity index (χ3n) is 4.78. The summed E-state index contributed by atoms with van der Waals surface area (Å²) < 4.78 is 16.5. The third kappa shape index (κ3) is 5.89. The Morgan fingerprint density at radius 1 is 1.10 bits per heavy atom. The molecule has 0 spiro atoms. The maximum atomic E-state index is 12.3. The maximum absolute atomic E-state index is 12.3. The van der Waals surface area contributed by atoms with Gasteiger partial charge in [0, 0.05) is 17.7 Å². The standard InChI is InChI=1S/C23H28N2O5/c1-4-29-20-11-10-17(12-21(20)28-3)15(2)24-22(26)14-30-19-7-5-6-18(13-19)25-23(27)16-8-9-16/h5-7,10-13,15-16H,4,8-9,14H2,1-3H3,(H,24,26)(H,25,27). The molecule has 7 heteroatoms. The van der Waals surface area contributed by atoms with E-state index in [1.54, 1.807) is 31.4 Å². The molecule has 1 aliphatic rings. The maximum Gasteiger partial charge on any atom is 0.258 e. The van der Waals surface area contributed by atoms with Gasteiger partial charge >= 0.3 is 0 Å². The molecule has 30 heavy (non-hydrogen) atoms. The fraction of sp³-hybridized carbons (Fsp3) is 0.391. The number of anilines is 1. The molecule has 1 fully saturated rings. The molecule has 1 unspecified atom stereocenters. The van der Waals surface area contributed by atoms with Gasteiger partial charge in [-0.25, -0.2) is 0 Å². The number of carbonyl (C=O) groups excluding carboxylic acids is 2. The number of ether oxygens (including phenoxy) is 3. The molecule has 3 rings (SSSR count). The molecule has 0 aliphatic heterocycles. The Labute approximate surface area is 176 Å². The first kappa shape index (κ1) is 21.5. The van der Waals surface area contributed by atoms with E-state index < -0.39 is 0 Å². The molecule has 0 aromatic heterocycles. The first-order valence-electron chi connectivity index (χ1n) is 10.1. The van der Waals surface area contributed by atoms with Crippen molar-refractivity contribution in [2.45, 2.75) is 32.7 Å². The smallest absolute Gasteiger partial charge is 0.258 e. The number of rotatable bonds is 10. The van der Waals surface area contributed by atoms with Gasteiger partial charge in [0.25, 0.3) is 5.91 Å². The Kier molecular flexibility index (Phi) is 7.17. The van der Waals surface area contributed by atoms with Gasteiger partial charge in [0.2, 0.25) is 5.91 Å². The fourth-order valence-electron chi connectivity index (χ4n) is 3.00. The number of methoxy groups -OCH3 is 1. The average Bonchev–Trinajstić information content (AvgIpc) is 3.58. The Bertz CT molecular complexity index is 895. The zero-order valence-electron chi connectivity index (χ0n) is 17.6. The summed E-state index contributed by atoms with van der Waals surface area (Å²) in [6.07, 6.45) is 1.89. The Morgan fingerprint density at radius 3 is 2.60 bits per heavy atom. The lowest BCUT2D eigenvalue weighted by atomic mass is 10.1. The Hall–Kier alpha value is -3.22. The summed E-state index contributed by atoms with van der Waals surface area (Å²) >= 11 is 0. The van der Waals surface area contributed by atoms with Gasteiger partial charge in [0.1, 0.15) is 5.75 Å². The number of nitrogens with one attached hydrogen (secondary N) is 2. The molecule has 1 atom stereocenters. The van der Waals surface area contributed by atoms with E-state index in [9.17, 15) is 9.59 Å². The average molecular weight is 412 g/mol. The van der Waals surface area contributed by atoms with Gasteiger partial charge in [0.15, 0.2) is 18.1 Å². The van der Waals surface area contributed by atoms with Crippen LogP contribution in [0, 0.1) is 5.92 Å². The highest BCUT2D eigenvalue weighted by atomic mass is 16.5. The largest absolute Gasteiger partial charge is 0.493 e. The van der Waals surface area contributed by atoms with Crippen LogP contribution in [0.1, 0.15) is 38.3 Å². The zero-order valence-corrected chi connectivity index (χ0v) is 17.6. The van der Waals surface area contributed by atoms with Crippen LogP contribution >= 0.6 is 0 Å².